The number of hydrogen-bond donors (Lipinski definition) is 1. The van der Waals surface area contributed by atoms with Gasteiger partial charge in [0.1, 0.15) is 29.6 Å². The minimum absolute atomic E-state index is 0.0890. The van der Waals surface area contributed by atoms with Gasteiger partial charge in [-0.2, -0.15) is 14.0 Å². The number of alkyl halides is 2. The van der Waals surface area contributed by atoms with Crippen LogP contribution in [-0.4, -0.2) is 34.2 Å². The van der Waals surface area contributed by atoms with Crippen molar-refractivity contribution in [3.63, 3.8) is 0 Å². The van der Waals surface area contributed by atoms with Crippen molar-refractivity contribution in [1.82, 2.24) is 15.3 Å². The zero-order valence-electron chi connectivity index (χ0n) is 17.4. The molecule has 10 heteroatoms. The molecule has 1 saturated heterocycles. The highest BCUT2D eigenvalue weighted by Crippen LogP contribution is 2.32. The van der Waals surface area contributed by atoms with Crippen LogP contribution in [0.2, 0.25) is 0 Å². The molecule has 3 aromatic rings. The molecule has 1 amide bonds. The maximum absolute atomic E-state index is 14.3. The van der Waals surface area contributed by atoms with Crippen LogP contribution >= 0.6 is 11.8 Å². The van der Waals surface area contributed by atoms with E-state index in [4.69, 9.17) is 4.74 Å². The molecule has 2 aromatic heterocycles. The minimum atomic E-state index is -3.26. The summed E-state index contributed by atoms with van der Waals surface area (Å²) in [6.07, 6.45) is 4.36. The van der Waals surface area contributed by atoms with E-state index >= 15 is 0 Å². The number of thioether (sulfide) groups is 1. The monoisotopic (exact) mass is 465 g/mol. The summed E-state index contributed by atoms with van der Waals surface area (Å²) in [5, 5.41) is 12.6. The van der Waals surface area contributed by atoms with Gasteiger partial charge in [0.2, 0.25) is 0 Å². The fraction of sp³-hybridized carbons (Fsp3) is 0.174. The lowest BCUT2D eigenvalue weighted by molar-refractivity contribution is -0.115. The highest BCUT2D eigenvalue weighted by molar-refractivity contribution is 8.18. The van der Waals surface area contributed by atoms with Gasteiger partial charge >= 0.3 is 5.92 Å². The molecule has 0 bridgehead atoms. The summed E-state index contributed by atoms with van der Waals surface area (Å²) in [5.74, 6) is -3.27. The molecule has 1 N–H and O–H groups in total. The Kier molecular flexibility index (Phi) is 6.33. The highest BCUT2D eigenvalue weighted by atomic mass is 32.2. The molecule has 0 aliphatic carbocycles. The normalized spacial score (nSPS) is 16.2. The van der Waals surface area contributed by atoms with Gasteiger partial charge in [0.05, 0.1) is 17.0 Å². The van der Waals surface area contributed by atoms with Gasteiger partial charge in [0, 0.05) is 17.8 Å². The Bertz CT molecular complexity index is 1320. The summed E-state index contributed by atoms with van der Waals surface area (Å²) in [5.41, 5.74) is 1.23. The third-order valence-corrected chi connectivity index (χ3v) is 5.61. The van der Waals surface area contributed by atoms with Gasteiger partial charge in [-0.15, -0.1) is 0 Å². The van der Waals surface area contributed by atoms with Crippen molar-refractivity contribution >= 4 is 39.8 Å². The molecule has 0 unspecified atom stereocenters. The fourth-order valence-electron chi connectivity index (χ4n) is 3.14. The zero-order chi connectivity index (χ0) is 23.4. The predicted octanol–water partition coefficient (Wildman–Crippen LogP) is 4.25. The number of ether oxygens (including phenoxy) is 1. The standard InChI is InChI=1S/C23H17F2N5O2S/c1-2-32-20-15(11-26)12-28-17-7-6-14(9-16(17)20)10-18-21(31)30-22(33-18)29-13-23(24,25)19-5-3-4-8-27-19/h3-10,12H,2,13H2,1H3,(H,29,30,31). The number of amides is 1. The van der Waals surface area contributed by atoms with Gasteiger partial charge in [-0.25, -0.2) is 0 Å². The Morgan fingerprint density at radius 2 is 2.15 bits per heavy atom. The van der Waals surface area contributed by atoms with Crippen molar-refractivity contribution < 1.29 is 18.3 Å². The number of fused-ring (bicyclic) bond motifs is 1. The van der Waals surface area contributed by atoms with Crippen LogP contribution in [0.5, 0.6) is 5.75 Å². The first-order valence-corrected chi connectivity index (χ1v) is 10.7. The number of aromatic nitrogens is 2. The first-order valence-electron chi connectivity index (χ1n) is 9.91. The van der Waals surface area contributed by atoms with Crippen LogP contribution in [0.25, 0.3) is 17.0 Å². The van der Waals surface area contributed by atoms with E-state index in [-0.39, 0.29) is 10.9 Å². The Morgan fingerprint density at radius 3 is 2.88 bits per heavy atom. The van der Waals surface area contributed by atoms with Gasteiger partial charge in [-0.3, -0.25) is 19.8 Å². The molecule has 1 fully saturated rings. The average Bonchev–Trinajstić information content (AvgIpc) is 3.18. The predicted molar refractivity (Wildman–Crippen MR) is 122 cm³/mol. The molecule has 1 aliphatic rings. The van der Waals surface area contributed by atoms with Crippen molar-refractivity contribution in [1.29, 1.82) is 5.26 Å². The summed E-state index contributed by atoms with van der Waals surface area (Å²) < 4.78 is 34.3. The molecule has 0 spiro atoms. The second-order valence-electron chi connectivity index (χ2n) is 6.93. The number of nitriles is 1. The number of benzene rings is 1. The fourth-order valence-corrected chi connectivity index (χ4v) is 3.96. The first kappa shape index (κ1) is 22.4. The molecule has 1 aliphatic heterocycles. The van der Waals surface area contributed by atoms with E-state index in [1.807, 2.05) is 6.92 Å². The van der Waals surface area contributed by atoms with Gasteiger partial charge < -0.3 is 10.1 Å². The summed E-state index contributed by atoms with van der Waals surface area (Å²) in [4.78, 5) is 24.5. The van der Waals surface area contributed by atoms with E-state index in [2.05, 4.69) is 26.3 Å². The lowest BCUT2D eigenvalue weighted by Gasteiger charge is -2.12. The maximum atomic E-state index is 14.3. The van der Waals surface area contributed by atoms with Gasteiger partial charge in [-0.05, 0) is 54.6 Å². The molecule has 7 nitrogen and oxygen atoms in total. The lowest BCUT2D eigenvalue weighted by Crippen LogP contribution is -2.24. The number of amidine groups is 1. The topological polar surface area (TPSA) is 100 Å². The Balaban J connectivity index is 1.58. The Labute approximate surface area is 192 Å². The third-order valence-electron chi connectivity index (χ3n) is 4.66. The van der Waals surface area contributed by atoms with Crippen molar-refractivity contribution in [2.75, 3.05) is 13.2 Å². The largest absolute Gasteiger partial charge is 0.492 e. The second-order valence-corrected chi connectivity index (χ2v) is 7.96. The van der Waals surface area contributed by atoms with Crippen LogP contribution in [0.15, 0.2) is 58.7 Å². The summed E-state index contributed by atoms with van der Waals surface area (Å²) >= 11 is 0.974. The van der Waals surface area contributed by atoms with Gasteiger partial charge in [0.25, 0.3) is 5.91 Å². The maximum Gasteiger partial charge on any atom is 0.308 e. The third kappa shape index (κ3) is 4.83. The molecule has 4 rings (SSSR count). The molecule has 0 atom stereocenters. The SMILES string of the molecule is CCOc1c(C#N)cnc2ccc(C=C3SC(=NCC(F)(F)c4ccccn4)NC3=O)cc12. The summed E-state index contributed by atoms with van der Waals surface area (Å²) in [7, 11) is 0. The molecular formula is C23H17F2N5O2S. The molecule has 0 saturated carbocycles. The number of hydrogen-bond acceptors (Lipinski definition) is 7. The van der Waals surface area contributed by atoms with E-state index in [1.54, 1.807) is 30.3 Å². The zero-order valence-corrected chi connectivity index (χ0v) is 18.2. The number of carbonyl (C=O) groups is 1. The smallest absolute Gasteiger partial charge is 0.308 e. The van der Waals surface area contributed by atoms with E-state index in [0.717, 1.165) is 11.8 Å². The number of carbonyl (C=O) groups excluding carboxylic acids is 1. The van der Waals surface area contributed by atoms with Crippen LogP contribution in [0.1, 0.15) is 23.7 Å². The van der Waals surface area contributed by atoms with E-state index in [9.17, 15) is 18.8 Å². The molecule has 3 heterocycles. The van der Waals surface area contributed by atoms with E-state index < -0.39 is 18.4 Å². The van der Waals surface area contributed by atoms with Crippen LogP contribution < -0.4 is 10.1 Å². The summed E-state index contributed by atoms with van der Waals surface area (Å²) in [6, 6.07) is 11.6. The number of rotatable bonds is 6. The minimum Gasteiger partial charge on any atom is -0.492 e. The van der Waals surface area contributed by atoms with Crippen molar-refractivity contribution in [3.8, 4) is 11.8 Å². The van der Waals surface area contributed by atoms with Crippen LogP contribution in [0.3, 0.4) is 0 Å². The van der Waals surface area contributed by atoms with Crippen molar-refractivity contribution in [2.24, 2.45) is 4.99 Å². The summed E-state index contributed by atoms with van der Waals surface area (Å²) in [6.45, 7) is 1.35. The number of halogens is 2. The number of nitrogens with zero attached hydrogens (tertiary/aromatic N) is 4. The Morgan fingerprint density at radius 1 is 1.30 bits per heavy atom. The molecule has 33 heavy (non-hydrogen) atoms. The number of aliphatic imine (C=N–C) groups is 1. The molecule has 1 aromatic carbocycles. The van der Waals surface area contributed by atoms with Crippen molar-refractivity contribution in [2.45, 2.75) is 12.8 Å². The van der Waals surface area contributed by atoms with Crippen LogP contribution in [0, 0.1) is 11.3 Å². The lowest BCUT2D eigenvalue weighted by atomic mass is 10.1. The van der Waals surface area contributed by atoms with Gasteiger partial charge in [-0.1, -0.05) is 12.1 Å². The Hall–Kier alpha value is -3.84. The highest BCUT2D eigenvalue weighted by Gasteiger charge is 2.34. The van der Waals surface area contributed by atoms with Crippen LogP contribution in [0.4, 0.5) is 8.78 Å². The quantitative estimate of drug-likeness (QED) is 0.546. The second kappa shape index (κ2) is 9.34. The van der Waals surface area contributed by atoms with Gasteiger partial charge in [0.15, 0.2) is 5.17 Å². The molecule has 166 valence electrons. The van der Waals surface area contributed by atoms with Crippen molar-refractivity contribution in [3.05, 3.63) is 70.5 Å². The molecular weight excluding hydrogens is 448 g/mol. The molecule has 0 radical (unpaired) electrons. The number of nitrogens with one attached hydrogen (secondary N) is 1. The van der Waals surface area contributed by atoms with Crippen LogP contribution in [-0.2, 0) is 10.7 Å². The van der Waals surface area contributed by atoms with E-state index in [1.165, 1.54) is 24.5 Å². The average molecular weight is 465 g/mol. The van der Waals surface area contributed by atoms with E-state index in [0.29, 0.717) is 39.3 Å². The number of pyridine rings is 2. The first-order chi connectivity index (χ1) is 15.9.